The summed E-state index contributed by atoms with van der Waals surface area (Å²) in [6, 6.07) is 0. The van der Waals surface area contributed by atoms with Gasteiger partial charge in [-0.25, -0.2) is 9.59 Å². The number of benzene rings is 1. The molecule has 148 valence electrons. The molecular weight excluding hydrogens is 354 g/mol. The number of hydrogen-bond donors (Lipinski definition) is 3. The number of amides is 1. The van der Waals surface area contributed by atoms with Crippen LogP contribution in [0.2, 0.25) is 0 Å². The Bertz CT molecular complexity index is 736. The highest BCUT2D eigenvalue weighted by atomic mass is 16.7. The van der Waals surface area contributed by atoms with E-state index in [1.807, 2.05) is 13.8 Å². The minimum atomic E-state index is -1.24. The molecule has 1 aliphatic rings. The first kappa shape index (κ1) is 20.9. The standard InChI is InChI=1S/C19H25NO7/c1-8(2)19-26-6-12(7-27-19)16(21)20-15-10(4)13(17(22)23)9(3)14(11(15)5)18(24)25/h8,12,19H,6-7H2,1-5H3,(H,20,21)(H,22,23)(H,24,25). The molecule has 0 aromatic heterocycles. The van der Waals surface area contributed by atoms with Gasteiger partial charge in [-0.2, -0.15) is 0 Å². The summed E-state index contributed by atoms with van der Waals surface area (Å²) in [5.41, 5.74) is 0.745. The summed E-state index contributed by atoms with van der Waals surface area (Å²) in [7, 11) is 0. The number of carbonyl (C=O) groups excluding carboxylic acids is 1. The summed E-state index contributed by atoms with van der Waals surface area (Å²) in [5.74, 6) is -3.30. The van der Waals surface area contributed by atoms with Crippen molar-refractivity contribution in [3.8, 4) is 0 Å². The van der Waals surface area contributed by atoms with Gasteiger partial charge >= 0.3 is 11.9 Å². The third kappa shape index (κ3) is 4.12. The lowest BCUT2D eigenvalue weighted by atomic mass is 9.91. The minimum Gasteiger partial charge on any atom is -0.478 e. The monoisotopic (exact) mass is 379 g/mol. The average molecular weight is 379 g/mol. The number of anilines is 1. The lowest BCUT2D eigenvalue weighted by molar-refractivity contribution is -0.217. The maximum absolute atomic E-state index is 12.6. The molecule has 3 N–H and O–H groups in total. The molecular formula is C19H25NO7. The molecule has 0 saturated carbocycles. The van der Waals surface area contributed by atoms with Crippen molar-refractivity contribution in [2.45, 2.75) is 40.9 Å². The summed E-state index contributed by atoms with van der Waals surface area (Å²) >= 11 is 0. The molecule has 1 aliphatic heterocycles. The van der Waals surface area contributed by atoms with Gasteiger partial charge in [0, 0.05) is 11.6 Å². The van der Waals surface area contributed by atoms with Crippen molar-refractivity contribution in [1.82, 2.24) is 0 Å². The molecule has 1 amide bonds. The highest BCUT2D eigenvalue weighted by molar-refractivity contribution is 6.04. The van der Waals surface area contributed by atoms with Crippen LogP contribution in [0.4, 0.5) is 5.69 Å². The summed E-state index contributed by atoms with van der Waals surface area (Å²) < 4.78 is 11.1. The zero-order chi connectivity index (χ0) is 20.5. The van der Waals surface area contributed by atoms with Gasteiger partial charge in [0.15, 0.2) is 6.29 Å². The third-order valence-corrected chi connectivity index (χ3v) is 4.76. The summed E-state index contributed by atoms with van der Waals surface area (Å²) in [4.78, 5) is 35.9. The number of carbonyl (C=O) groups is 3. The van der Waals surface area contributed by atoms with Gasteiger partial charge < -0.3 is 25.0 Å². The summed E-state index contributed by atoms with van der Waals surface area (Å²) in [5, 5.41) is 21.7. The smallest absolute Gasteiger partial charge is 0.336 e. The van der Waals surface area contributed by atoms with Crippen LogP contribution < -0.4 is 5.32 Å². The Hall–Kier alpha value is -2.45. The molecule has 0 spiro atoms. The predicted octanol–water partition coefficient (Wildman–Crippen LogP) is 2.59. The molecule has 1 heterocycles. The van der Waals surface area contributed by atoms with E-state index in [1.54, 1.807) is 13.8 Å². The van der Waals surface area contributed by atoms with E-state index in [-0.39, 0.29) is 47.8 Å². The topological polar surface area (TPSA) is 122 Å². The normalized spacial score (nSPS) is 19.8. The molecule has 1 aromatic carbocycles. The van der Waals surface area contributed by atoms with Gasteiger partial charge in [0.25, 0.3) is 0 Å². The van der Waals surface area contributed by atoms with E-state index < -0.39 is 23.8 Å². The van der Waals surface area contributed by atoms with Crippen molar-refractivity contribution < 1.29 is 34.1 Å². The number of nitrogens with one attached hydrogen (secondary N) is 1. The van der Waals surface area contributed by atoms with Crippen LogP contribution in [-0.4, -0.2) is 47.6 Å². The zero-order valence-electron chi connectivity index (χ0n) is 16.1. The van der Waals surface area contributed by atoms with Crippen molar-refractivity contribution in [2.75, 3.05) is 18.5 Å². The fraction of sp³-hybridized carbons (Fsp3) is 0.526. The number of aromatic carboxylic acids is 2. The molecule has 0 bridgehead atoms. The molecule has 0 radical (unpaired) electrons. The zero-order valence-corrected chi connectivity index (χ0v) is 16.1. The quantitative estimate of drug-likeness (QED) is 0.719. The Kier molecular flexibility index (Phi) is 6.22. The maximum Gasteiger partial charge on any atom is 0.336 e. The van der Waals surface area contributed by atoms with Crippen LogP contribution in [0.25, 0.3) is 0 Å². The Morgan fingerprint density at radius 3 is 1.74 bits per heavy atom. The first-order valence-electron chi connectivity index (χ1n) is 8.70. The number of carboxylic acids is 2. The van der Waals surface area contributed by atoms with E-state index in [1.165, 1.54) is 6.92 Å². The van der Waals surface area contributed by atoms with Crippen LogP contribution in [-0.2, 0) is 14.3 Å². The van der Waals surface area contributed by atoms with Crippen LogP contribution in [0.15, 0.2) is 0 Å². The first-order valence-corrected chi connectivity index (χ1v) is 8.70. The molecule has 1 aromatic rings. The van der Waals surface area contributed by atoms with E-state index in [4.69, 9.17) is 9.47 Å². The third-order valence-electron chi connectivity index (χ3n) is 4.76. The Morgan fingerprint density at radius 1 is 0.926 bits per heavy atom. The summed E-state index contributed by atoms with van der Waals surface area (Å²) in [6.45, 7) is 8.80. The van der Waals surface area contributed by atoms with Crippen molar-refractivity contribution >= 4 is 23.5 Å². The lowest BCUT2D eigenvalue weighted by Crippen LogP contribution is -2.41. The first-order chi connectivity index (χ1) is 12.6. The van der Waals surface area contributed by atoms with Crippen LogP contribution in [0.3, 0.4) is 0 Å². The molecule has 2 rings (SSSR count). The minimum absolute atomic E-state index is 0.121. The van der Waals surface area contributed by atoms with Crippen LogP contribution in [0.1, 0.15) is 51.3 Å². The van der Waals surface area contributed by atoms with E-state index in [2.05, 4.69) is 5.32 Å². The van der Waals surface area contributed by atoms with E-state index in [0.717, 1.165) is 0 Å². The van der Waals surface area contributed by atoms with Crippen LogP contribution in [0.5, 0.6) is 0 Å². The summed E-state index contributed by atoms with van der Waals surface area (Å²) in [6.07, 6.45) is -0.367. The highest BCUT2D eigenvalue weighted by Gasteiger charge is 2.31. The fourth-order valence-electron chi connectivity index (χ4n) is 3.33. The fourth-order valence-corrected chi connectivity index (χ4v) is 3.33. The van der Waals surface area contributed by atoms with E-state index in [0.29, 0.717) is 11.1 Å². The van der Waals surface area contributed by atoms with Crippen molar-refractivity contribution in [2.24, 2.45) is 11.8 Å². The van der Waals surface area contributed by atoms with Crippen molar-refractivity contribution in [3.05, 3.63) is 27.8 Å². The van der Waals surface area contributed by atoms with Gasteiger partial charge in [0.05, 0.1) is 30.3 Å². The Balaban J connectivity index is 2.34. The molecule has 27 heavy (non-hydrogen) atoms. The van der Waals surface area contributed by atoms with Gasteiger partial charge in [-0.3, -0.25) is 4.79 Å². The number of rotatable bonds is 5. The Morgan fingerprint density at radius 2 is 1.37 bits per heavy atom. The molecule has 0 atom stereocenters. The van der Waals surface area contributed by atoms with E-state index >= 15 is 0 Å². The second kappa shape index (κ2) is 8.06. The molecule has 8 nitrogen and oxygen atoms in total. The molecule has 0 aliphatic carbocycles. The lowest BCUT2D eigenvalue weighted by Gasteiger charge is -2.31. The van der Waals surface area contributed by atoms with Crippen LogP contribution >= 0.6 is 0 Å². The van der Waals surface area contributed by atoms with Crippen LogP contribution in [0, 0.1) is 32.6 Å². The van der Waals surface area contributed by atoms with E-state index in [9.17, 15) is 24.6 Å². The second-order valence-electron chi connectivity index (χ2n) is 7.08. The molecule has 1 saturated heterocycles. The van der Waals surface area contributed by atoms with Gasteiger partial charge in [-0.05, 0) is 37.5 Å². The largest absolute Gasteiger partial charge is 0.478 e. The highest BCUT2D eigenvalue weighted by Crippen LogP contribution is 2.32. The SMILES string of the molecule is Cc1c(NC(=O)C2COC(C(C)C)OC2)c(C)c(C(=O)O)c(C)c1C(=O)O. The number of carboxylic acid groups (broad SMARTS) is 2. The molecule has 1 fully saturated rings. The van der Waals surface area contributed by atoms with Gasteiger partial charge in [0.1, 0.15) is 0 Å². The number of hydrogen-bond acceptors (Lipinski definition) is 5. The molecule has 8 heteroatoms. The molecule has 0 unspecified atom stereocenters. The van der Waals surface area contributed by atoms with Crippen molar-refractivity contribution in [1.29, 1.82) is 0 Å². The van der Waals surface area contributed by atoms with Gasteiger partial charge in [-0.15, -0.1) is 0 Å². The number of ether oxygens (including phenoxy) is 2. The predicted molar refractivity (Wildman–Crippen MR) is 97.2 cm³/mol. The second-order valence-corrected chi connectivity index (χ2v) is 7.08. The average Bonchev–Trinajstić information content (AvgIpc) is 2.57. The van der Waals surface area contributed by atoms with Gasteiger partial charge in [0.2, 0.25) is 5.91 Å². The van der Waals surface area contributed by atoms with Crippen molar-refractivity contribution in [3.63, 3.8) is 0 Å². The van der Waals surface area contributed by atoms with Gasteiger partial charge in [-0.1, -0.05) is 13.8 Å². The maximum atomic E-state index is 12.6. The Labute approximate surface area is 157 Å².